The van der Waals surface area contributed by atoms with Gasteiger partial charge in [-0.25, -0.2) is 4.68 Å². The van der Waals surface area contributed by atoms with E-state index in [9.17, 15) is 0 Å². The molecule has 1 aliphatic heterocycles. The van der Waals surface area contributed by atoms with Crippen molar-refractivity contribution in [2.45, 2.75) is 38.9 Å². The smallest absolute Gasteiger partial charge is 0.497 e. The zero-order valence-electron chi connectivity index (χ0n) is 13.7. The van der Waals surface area contributed by atoms with Crippen molar-refractivity contribution >= 4 is 12.7 Å². The standard InChI is InChI=1S/C16H21BN2O3/c1-15(2)16(3,4)22-17(21-15)14-9-10-18-19(14)12-7-6-8-13(11-12)20-5/h6-11H,1-5H3. The Bertz CT molecular complexity index is 666. The monoisotopic (exact) mass is 300 g/mol. The summed E-state index contributed by atoms with van der Waals surface area (Å²) in [5, 5.41) is 4.40. The lowest BCUT2D eigenvalue weighted by Crippen LogP contribution is -2.41. The summed E-state index contributed by atoms with van der Waals surface area (Å²) < 4.78 is 19.3. The van der Waals surface area contributed by atoms with Crippen molar-refractivity contribution in [3.8, 4) is 11.4 Å². The average molecular weight is 300 g/mol. The van der Waals surface area contributed by atoms with Gasteiger partial charge in [-0.1, -0.05) is 6.07 Å². The Hall–Kier alpha value is -1.79. The fourth-order valence-electron chi connectivity index (χ4n) is 2.41. The minimum absolute atomic E-state index is 0.374. The van der Waals surface area contributed by atoms with E-state index in [2.05, 4.69) is 5.10 Å². The molecule has 0 aliphatic carbocycles. The third kappa shape index (κ3) is 2.42. The Morgan fingerprint density at radius 3 is 2.41 bits per heavy atom. The molecule has 22 heavy (non-hydrogen) atoms. The van der Waals surface area contributed by atoms with Gasteiger partial charge >= 0.3 is 7.12 Å². The lowest BCUT2D eigenvalue weighted by molar-refractivity contribution is 0.00578. The summed E-state index contributed by atoms with van der Waals surface area (Å²) in [7, 11) is 1.20. The second-order valence-corrected chi connectivity index (χ2v) is 6.46. The molecule has 2 aromatic rings. The predicted octanol–water partition coefficient (Wildman–Crippen LogP) is 2.18. The number of hydrogen-bond donors (Lipinski definition) is 0. The summed E-state index contributed by atoms with van der Waals surface area (Å²) in [6, 6.07) is 9.67. The maximum atomic E-state index is 6.11. The van der Waals surface area contributed by atoms with Crippen LogP contribution in [0.15, 0.2) is 36.5 Å². The van der Waals surface area contributed by atoms with Crippen molar-refractivity contribution in [3.05, 3.63) is 36.5 Å². The zero-order valence-corrected chi connectivity index (χ0v) is 13.7. The van der Waals surface area contributed by atoms with Crippen molar-refractivity contribution in [2.75, 3.05) is 7.11 Å². The van der Waals surface area contributed by atoms with E-state index in [-0.39, 0.29) is 11.2 Å². The van der Waals surface area contributed by atoms with Gasteiger partial charge in [-0.05, 0) is 45.9 Å². The van der Waals surface area contributed by atoms with Crippen molar-refractivity contribution in [1.82, 2.24) is 9.78 Å². The van der Waals surface area contributed by atoms with E-state index in [0.717, 1.165) is 17.0 Å². The second-order valence-electron chi connectivity index (χ2n) is 6.46. The van der Waals surface area contributed by atoms with Gasteiger partial charge in [0.25, 0.3) is 0 Å². The Balaban J connectivity index is 1.97. The van der Waals surface area contributed by atoms with Crippen LogP contribution >= 0.6 is 0 Å². The molecule has 2 heterocycles. The number of ether oxygens (including phenoxy) is 1. The summed E-state index contributed by atoms with van der Waals surface area (Å²) in [6.45, 7) is 8.16. The van der Waals surface area contributed by atoms with E-state index < -0.39 is 7.12 Å². The molecule has 0 radical (unpaired) electrons. The SMILES string of the molecule is COc1cccc(-n2nccc2B2OC(C)(C)C(C)(C)O2)c1. The Morgan fingerprint density at radius 2 is 1.77 bits per heavy atom. The molecule has 6 heteroatoms. The molecule has 0 N–H and O–H groups in total. The molecule has 0 amide bonds. The third-order valence-corrected chi connectivity index (χ3v) is 4.46. The highest BCUT2D eigenvalue weighted by Gasteiger charge is 2.52. The van der Waals surface area contributed by atoms with Crippen LogP contribution < -0.4 is 10.3 Å². The van der Waals surface area contributed by atoms with Crippen molar-refractivity contribution < 1.29 is 14.0 Å². The van der Waals surface area contributed by atoms with Gasteiger partial charge in [0.05, 0.1) is 29.6 Å². The van der Waals surface area contributed by atoms with Crippen LogP contribution in [0.2, 0.25) is 0 Å². The number of benzene rings is 1. The van der Waals surface area contributed by atoms with Crippen LogP contribution in [0.4, 0.5) is 0 Å². The maximum absolute atomic E-state index is 6.11. The first-order valence-electron chi connectivity index (χ1n) is 7.38. The first kappa shape index (κ1) is 15.1. The number of methoxy groups -OCH3 is 1. The van der Waals surface area contributed by atoms with Crippen LogP contribution in [-0.2, 0) is 9.31 Å². The fraction of sp³-hybridized carbons (Fsp3) is 0.438. The largest absolute Gasteiger partial charge is 0.514 e. The number of rotatable bonds is 3. The quantitative estimate of drug-likeness (QED) is 0.815. The Morgan fingerprint density at radius 1 is 1.09 bits per heavy atom. The van der Waals surface area contributed by atoms with Crippen LogP contribution in [0.1, 0.15) is 27.7 Å². The van der Waals surface area contributed by atoms with Crippen LogP contribution in [0, 0.1) is 0 Å². The van der Waals surface area contributed by atoms with Gasteiger partial charge in [0.2, 0.25) is 0 Å². The molecule has 1 aromatic carbocycles. The van der Waals surface area contributed by atoms with Crippen molar-refractivity contribution in [2.24, 2.45) is 0 Å². The summed E-state index contributed by atoms with van der Waals surface area (Å²) >= 11 is 0. The molecule has 116 valence electrons. The second kappa shape index (κ2) is 5.14. The molecule has 1 aromatic heterocycles. The first-order chi connectivity index (χ1) is 10.3. The topological polar surface area (TPSA) is 45.5 Å². The van der Waals surface area contributed by atoms with E-state index in [1.807, 2.05) is 62.7 Å². The summed E-state index contributed by atoms with van der Waals surface area (Å²) in [4.78, 5) is 0. The van der Waals surface area contributed by atoms with E-state index in [0.29, 0.717) is 0 Å². The minimum Gasteiger partial charge on any atom is -0.497 e. The summed E-state index contributed by atoms with van der Waals surface area (Å²) in [5.74, 6) is 0.785. The molecule has 0 bridgehead atoms. The van der Waals surface area contributed by atoms with Gasteiger partial charge < -0.3 is 14.0 Å². The van der Waals surface area contributed by atoms with Crippen LogP contribution in [0.5, 0.6) is 5.75 Å². The molecule has 0 spiro atoms. The normalized spacial score (nSPS) is 19.4. The molecular formula is C16H21BN2O3. The van der Waals surface area contributed by atoms with Crippen LogP contribution in [-0.4, -0.2) is 35.2 Å². The third-order valence-electron chi connectivity index (χ3n) is 4.46. The molecule has 0 atom stereocenters. The lowest BCUT2D eigenvalue weighted by atomic mass is 9.84. The number of nitrogens with zero attached hydrogens (tertiary/aromatic N) is 2. The number of aromatic nitrogens is 2. The molecule has 0 unspecified atom stereocenters. The highest BCUT2D eigenvalue weighted by Crippen LogP contribution is 2.36. The van der Waals surface area contributed by atoms with E-state index in [4.69, 9.17) is 14.0 Å². The van der Waals surface area contributed by atoms with Gasteiger partial charge in [-0.3, -0.25) is 0 Å². The van der Waals surface area contributed by atoms with Gasteiger partial charge in [0.15, 0.2) is 0 Å². The molecule has 1 aliphatic rings. The van der Waals surface area contributed by atoms with Crippen LogP contribution in [0.3, 0.4) is 0 Å². The zero-order chi connectivity index (χ0) is 16.0. The molecule has 5 nitrogen and oxygen atoms in total. The van der Waals surface area contributed by atoms with E-state index in [1.165, 1.54) is 0 Å². The van der Waals surface area contributed by atoms with Crippen molar-refractivity contribution in [3.63, 3.8) is 0 Å². The minimum atomic E-state index is -0.446. The van der Waals surface area contributed by atoms with E-state index >= 15 is 0 Å². The first-order valence-corrected chi connectivity index (χ1v) is 7.38. The Labute approximate surface area is 131 Å². The maximum Gasteiger partial charge on any atom is 0.514 e. The Kier molecular flexibility index (Phi) is 3.53. The molecule has 3 rings (SSSR count). The lowest BCUT2D eigenvalue weighted by Gasteiger charge is -2.32. The molecular weight excluding hydrogens is 279 g/mol. The average Bonchev–Trinajstić information content (AvgIpc) is 3.02. The van der Waals surface area contributed by atoms with Gasteiger partial charge in [-0.2, -0.15) is 5.10 Å². The van der Waals surface area contributed by atoms with Crippen molar-refractivity contribution in [1.29, 1.82) is 0 Å². The number of hydrogen-bond acceptors (Lipinski definition) is 4. The fourth-order valence-corrected chi connectivity index (χ4v) is 2.41. The van der Waals surface area contributed by atoms with Gasteiger partial charge in [0.1, 0.15) is 5.75 Å². The van der Waals surface area contributed by atoms with Crippen LogP contribution in [0.25, 0.3) is 5.69 Å². The van der Waals surface area contributed by atoms with E-state index in [1.54, 1.807) is 13.3 Å². The summed E-state index contributed by atoms with van der Waals surface area (Å²) in [6.07, 6.45) is 1.75. The summed E-state index contributed by atoms with van der Waals surface area (Å²) in [5.41, 5.74) is 1.03. The van der Waals surface area contributed by atoms with Gasteiger partial charge in [0, 0.05) is 12.3 Å². The molecule has 1 fully saturated rings. The highest BCUT2D eigenvalue weighted by molar-refractivity contribution is 6.61. The molecule has 1 saturated heterocycles. The molecule has 0 saturated carbocycles. The van der Waals surface area contributed by atoms with Gasteiger partial charge in [-0.15, -0.1) is 0 Å². The predicted molar refractivity (Wildman–Crippen MR) is 85.8 cm³/mol. The highest BCUT2D eigenvalue weighted by atomic mass is 16.7.